The molecule has 1 amide bonds. The summed E-state index contributed by atoms with van der Waals surface area (Å²) in [6.07, 6.45) is -0.200. The lowest BCUT2D eigenvalue weighted by Crippen LogP contribution is -2.56. The molecule has 1 saturated heterocycles. The zero-order valence-corrected chi connectivity index (χ0v) is 14.6. The zero-order chi connectivity index (χ0) is 19.9. The van der Waals surface area contributed by atoms with Gasteiger partial charge in [-0.1, -0.05) is 25.0 Å². The molecule has 156 valence electrons. The molecule has 0 atom stereocenters. The Kier molecular flexibility index (Phi) is 5.44. The summed E-state index contributed by atoms with van der Waals surface area (Å²) >= 11 is 0. The number of rotatable bonds is 5. The molecule has 3 N–H and O–H groups in total. The lowest BCUT2D eigenvalue weighted by molar-refractivity contribution is -0.255. The molecule has 0 aliphatic carbocycles. The molecule has 0 saturated carbocycles. The van der Waals surface area contributed by atoms with Crippen molar-refractivity contribution in [1.29, 1.82) is 0 Å². The number of nitrogens with zero attached hydrogens (tertiary/aromatic N) is 4. The van der Waals surface area contributed by atoms with Crippen LogP contribution in [0.5, 0.6) is 11.5 Å². The second-order valence-corrected chi connectivity index (χ2v) is 6.77. The van der Waals surface area contributed by atoms with Gasteiger partial charge in [-0.25, -0.2) is 0 Å². The summed E-state index contributed by atoms with van der Waals surface area (Å²) in [5.74, 6) is -1.65. The molecular formula is C16H20BN5O7-2. The smallest absolute Gasteiger partial charge is 0.430 e. The number of benzene rings is 1. The number of likely N-dealkylation sites (tertiary alicyclic amines) is 1. The van der Waals surface area contributed by atoms with Crippen LogP contribution >= 0.6 is 0 Å². The number of carboxylic acids is 1. The predicted molar refractivity (Wildman–Crippen MR) is 95.7 cm³/mol. The third kappa shape index (κ3) is 4.15. The van der Waals surface area contributed by atoms with Crippen molar-refractivity contribution in [3.8, 4) is 11.5 Å². The van der Waals surface area contributed by atoms with Gasteiger partial charge < -0.3 is 34.2 Å². The molecule has 13 heteroatoms. The highest BCUT2D eigenvalue weighted by Gasteiger charge is 2.35. The van der Waals surface area contributed by atoms with E-state index in [0.29, 0.717) is 5.56 Å². The number of aryl methyl sites for hydroxylation is 1. The average molecular weight is 405 g/mol. The number of tetrazole rings is 1. The van der Waals surface area contributed by atoms with E-state index in [-0.39, 0.29) is 68.5 Å². The van der Waals surface area contributed by atoms with Crippen LogP contribution in [0, 0.1) is 0 Å². The van der Waals surface area contributed by atoms with E-state index in [2.05, 4.69) is 20.6 Å². The van der Waals surface area contributed by atoms with E-state index in [9.17, 15) is 24.7 Å². The van der Waals surface area contributed by atoms with Gasteiger partial charge in [-0.3, -0.25) is 4.79 Å². The summed E-state index contributed by atoms with van der Waals surface area (Å²) in [4.78, 5) is 25.2. The molecule has 0 spiro atoms. The second-order valence-electron chi connectivity index (χ2n) is 6.77. The minimum Gasteiger partial charge on any atom is -0.669 e. The average Bonchev–Trinajstić information content (AvgIpc) is 3.08. The molecular weight excluding hydrogens is 385 g/mol. The molecule has 1 fully saturated rings. The third-order valence-electron chi connectivity index (χ3n) is 4.69. The van der Waals surface area contributed by atoms with Crippen molar-refractivity contribution in [1.82, 2.24) is 25.5 Å². The molecule has 1 aromatic heterocycles. The normalized spacial score (nSPS) is 17.4. The first-order valence-corrected chi connectivity index (χ1v) is 8.66. The van der Waals surface area contributed by atoms with E-state index in [4.69, 9.17) is 9.39 Å². The number of aromatic carboxylic acids is 1. The lowest BCUT2D eigenvalue weighted by atomic mass is 9.70. The lowest BCUT2D eigenvalue weighted by Gasteiger charge is -2.41. The number of carboxylic acid groups (broad SMARTS) is 1. The number of carbonyl (C=O) groups excluding carboxylic acids is 2. The van der Waals surface area contributed by atoms with Crippen molar-refractivity contribution < 1.29 is 34.1 Å². The molecule has 1 aromatic carbocycles. The number of aromatic amines is 1. The summed E-state index contributed by atoms with van der Waals surface area (Å²) in [7, 11) is 0. The molecule has 2 aliphatic rings. The number of aromatic nitrogens is 4. The highest BCUT2D eigenvalue weighted by molar-refractivity contribution is 6.59. The van der Waals surface area contributed by atoms with Gasteiger partial charge in [0.05, 0.1) is 36.8 Å². The maximum atomic E-state index is 12.1. The van der Waals surface area contributed by atoms with Crippen LogP contribution in [0.2, 0.25) is 6.32 Å². The number of hydrogen-bond acceptors (Lipinski definition) is 10. The Morgan fingerprint density at radius 1 is 1.38 bits per heavy atom. The molecule has 12 nitrogen and oxygen atoms in total. The molecule has 4 rings (SSSR count). The summed E-state index contributed by atoms with van der Waals surface area (Å²) < 4.78 is 10.8. The van der Waals surface area contributed by atoms with Gasteiger partial charge in [0, 0.05) is 0 Å². The molecule has 0 bridgehead atoms. The van der Waals surface area contributed by atoms with Crippen molar-refractivity contribution in [2.24, 2.45) is 0 Å². The number of carbonyl (C=O) groups is 2. The van der Waals surface area contributed by atoms with Gasteiger partial charge >= 0.3 is 6.75 Å². The van der Waals surface area contributed by atoms with Crippen LogP contribution in [0.4, 0.5) is 0 Å². The molecule has 0 radical (unpaired) electrons. The maximum Gasteiger partial charge on any atom is 0.430 e. The molecule has 2 aliphatic heterocycles. The SMILES string of the molecule is C.O=C([O-])c1c(OC2CN(C(=O)Cc3nn[nH]n3)C2)ccc2c1O[B-](O)(O)CC2. The van der Waals surface area contributed by atoms with Crippen LogP contribution in [-0.2, 0) is 17.6 Å². The Morgan fingerprint density at radius 2 is 2.14 bits per heavy atom. The van der Waals surface area contributed by atoms with Gasteiger partial charge in [0.1, 0.15) is 11.9 Å². The number of hydrogen-bond donors (Lipinski definition) is 3. The fourth-order valence-electron chi connectivity index (χ4n) is 3.22. The van der Waals surface area contributed by atoms with Gasteiger partial charge in [0.25, 0.3) is 0 Å². The highest BCUT2D eigenvalue weighted by atomic mass is 16.6. The van der Waals surface area contributed by atoms with Crippen LogP contribution in [0.25, 0.3) is 0 Å². The van der Waals surface area contributed by atoms with Crippen LogP contribution in [-0.4, -0.2) is 73.4 Å². The largest absolute Gasteiger partial charge is 0.669 e. The summed E-state index contributed by atoms with van der Waals surface area (Å²) in [5.41, 5.74) is 0.154. The number of H-pyrrole nitrogens is 1. The second kappa shape index (κ2) is 7.68. The fourth-order valence-corrected chi connectivity index (χ4v) is 3.22. The Hall–Kier alpha value is -3.19. The predicted octanol–water partition coefficient (Wildman–Crippen LogP) is -2.11. The van der Waals surface area contributed by atoms with Crippen LogP contribution in [0.15, 0.2) is 12.1 Å². The molecule has 2 aromatic rings. The Bertz CT molecular complexity index is 915. The van der Waals surface area contributed by atoms with Crippen molar-refractivity contribution in [2.75, 3.05) is 13.1 Å². The minimum atomic E-state index is -3.13. The standard InChI is InChI=1S/C15H17BN5O7.CH4/c22-12(5-11-17-19-20-18-11)21-6-9(7-21)27-10-2-1-8-3-4-16(25,26)28-14(8)13(10)15(23)24;/h1-2,9,25-26H,3-7H2,(H,23,24)(H,17,18,19,20);1H4/q-1;/p-1. The topological polar surface area (TPSA) is 174 Å². The first-order valence-electron chi connectivity index (χ1n) is 8.66. The highest BCUT2D eigenvalue weighted by Crippen LogP contribution is 2.38. The van der Waals surface area contributed by atoms with E-state index in [1.54, 1.807) is 6.07 Å². The fraction of sp³-hybridized carbons (Fsp3) is 0.438. The van der Waals surface area contributed by atoms with Crippen LogP contribution in [0.1, 0.15) is 29.2 Å². The van der Waals surface area contributed by atoms with Gasteiger partial charge in [0.15, 0.2) is 5.82 Å². The Morgan fingerprint density at radius 3 is 2.79 bits per heavy atom. The maximum absolute atomic E-state index is 12.1. The van der Waals surface area contributed by atoms with Crippen molar-refractivity contribution in [3.05, 3.63) is 29.1 Å². The van der Waals surface area contributed by atoms with Gasteiger partial charge in [-0.2, -0.15) is 5.21 Å². The number of amides is 1. The number of nitrogens with one attached hydrogen (secondary N) is 1. The summed E-state index contributed by atoms with van der Waals surface area (Å²) in [6.45, 7) is -2.61. The molecule has 0 unspecified atom stereocenters. The zero-order valence-electron chi connectivity index (χ0n) is 14.6. The van der Waals surface area contributed by atoms with E-state index in [1.807, 2.05) is 0 Å². The summed E-state index contributed by atoms with van der Waals surface area (Å²) in [6, 6.07) is 3.09. The van der Waals surface area contributed by atoms with E-state index in [1.165, 1.54) is 11.0 Å². The van der Waals surface area contributed by atoms with Gasteiger partial charge in [-0.15, -0.1) is 10.2 Å². The van der Waals surface area contributed by atoms with E-state index >= 15 is 0 Å². The van der Waals surface area contributed by atoms with E-state index < -0.39 is 18.8 Å². The van der Waals surface area contributed by atoms with Crippen LogP contribution in [0.3, 0.4) is 0 Å². The van der Waals surface area contributed by atoms with Gasteiger partial charge in [0.2, 0.25) is 5.91 Å². The minimum absolute atomic E-state index is 0. The van der Waals surface area contributed by atoms with Gasteiger partial charge in [-0.05, 0) is 18.1 Å². The van der Waals surface area contributed by atoms with Crippen LogP contribution < -0.4 is 14.5 Å². The molecule has 3 heterocycles. The van der Waals surface area contributed by atoms with Crippen molar-refractivity contribution >= 4 is 18.6 Å². The quantitative estimate of drug-likeness (QED) is 0.467. The van der Waals surface area contributed by atoms with E-state index in [0.717, 1.165) is 0 Å². The Balaban J connectivity index is 0.00000240. The monoisotopic (exact) mass is 405 g/mol. The first kappa shape index (κ1) is 20.5. The Labute approximate surface area is 165 Å². The third-order valence-corrected chi connectivity index (χ3v) is 4.69. The number of fused-ring (bicyclic) bond motifs is 1. The first-order chi connectivity index (χ1) is 13.3. The van der Waals surface area contributed by atoms with Crippen molar-refractivity contribution in [3.63, 3.8) is 0 Å². The molecule has 29 heavy (non-hydrogen) atoms. The summed E-state index contributed by atoms with van der Waals surface area (Å²) in [5, 5.41) is 44.2. The van der Waals surface area contributed by atoms with Crippen molar-refractivity contribution in [2.45, 2.75) is 32.7 Å². The number of ether oxygens (including phenoxy) is 1.